The highest BCUT2D eigenvalue weighted by Crippen LogP contribution is 2.30. The summed E-state index contributed by atoms with van der Waals surface area (Å²) in [5.41, 5.74) is 0.972. The molecule has 0 N–H and O–H groups in total. The summed E-state index contributed by atoms with van der Waals surface area (Å²) >= 11 is 0. The lowest BCUT2D eigenvalue weighted by molar-refractivity contribution is -0.132. The van der Waals surface area contributed by atoms with Crippen LogP contribution in [0.2, 0.25) is 0 Å². The zero-order valence-electron chi connectivity index (χ0n) is 21.0. The maximum atomic E-state index is 14.1. The Kier molecular flexibility index (Phi) is 7.07. The van der Waals surface area contributed by atoms with Gasteiger partial charge in [0.2, 0.25) is 17.7 Å². The summed E-state index contributed by atoms with van der Waals surface area (Å²) in [5, 5.41) is 0. The number of imidazole rings is 1. The van der Waals surface area contributed by atoms with Gasteiger partial charge in [-0.1, -0.05) is 12.1 Å². The minimum Gasteiger partial charge on any atom is -0.472 e. The first-order chi connectivity index (χ1) is 18.5. The number of aromatic nitrogens is 4. The van der Waals surface area contributed by atoms with E-state index in [1.807, 2.05) is 4.90 Å². The molecule has 2 atom stereocenters. The van der Waals surface area contributed by atoms with E-state index in [2.05, 4.69) is 15.0 Å². The fourth-order valence-corrected chi connectivity index (χ4v) is 5.26. The summed E-state index contributed by atoms with van der Waals surface area (Å²) in [6.45, 7) is 3.92. The van der Waals surface area contributed by atoms with Crippen molar-refractivity contribution in [3.8, 4) is 11.7 Å². The predicted molar refractivity (Wildman–Crippen MR) is 134 cm³/mol. The molecular weight excluding hydrogens is 498 g/mol. The number of alkyl halides is 2. The molecule has 0 saturated carbocycles. The Hall–Kier alpha value is -3.38. The quantitative estimate of drug-likeness (QED) is 0.462. The smallest absolute Gasteiger partial charge is 0.296 e. The molecule has 5 heterocycles. The largest absolute Gasteiger partial charge is 0.472 e. The van der Waals surface area contributed by atoms with Crippen LogP contribution in [-0.2, 0) is 14.3 Å². The molecule has 38 heavy (non-hydrogen) atoms. The van der Waals surface area contributed by atoms with Crippen molar-refractivity contribution in [3.63, 3.8) is 0 Å². The Morgan fingerprint density at radius 3 is 2.71 bits per heavy atom. The van der Waals surface area contributed by atoms with Crippen molar-refractivity contribution in [3.05, 3.63) is 36.2 Å². The van der Waals surface area contributed by atoms with Crippen molar-refractivity contribution in [2.75, 3.05) is 50.9 Å². The van der Waals surface area contributed by atoms with Gasteiger partial charge in [0.1, 0.15) is 11.9 Å². The second-order valence-corrected chi connectivity index (χ2v) is 9.77. The molecule has 0 aliphatic carbocycles. The molecule has 202 valence electrons. The molecule has 3 aliphatic rings. The first-order valence-electron chi connectivity index (χ1n) is 13.1. The summed E-state index contributed by atoms with van der Waals surface area (Å²) in [5.74, 6) is 0.572. The molecule has 0 radical (unpaired) electrons. The van der Waals surface area contributed by atoms with Gasteiger partial charge < -0.3 is 24.0 Å². The number of anilines is 1. The van der Waals surface area contributed by atoms with Crippen LogP contribution in [-0.4, -0.2) is 88.5 Å². The van der Waals surface area contributed by atoms with Gasteiger partial charge in [0, 0.05) is 38.7 Å². The van der Waals surface area contributed by atoms with Crippen LogP contribution < -0.4 is 9.64 Å². The van der Waals surface area contributed by atoms with Gasteiger partial charge in [0.15, 0.2) is 5.82 Å². The first-order valence-corrected chi connectivity index (χ1v) is 13.1. The fourth-order valence-electron chi connectivity index (χ4n) is 5.26. The van der Waals surface area contributed by atoms with E-state index in [0.29, 0.717) is 75.8 Å². The molecule has 3 aromatic rings. The second kappa shape index (κ2) is 10.8. The Morgan fingerprint density at radius 1 is 1.08 bits per heavy atom. The number of amides is 1. The molecule has 1 aromatic carbocycles. The van der Waals surface area contributed by atoms with Crippen molar-refractivity contribution < 1.29 is 27.8 Å². The minimum absolute atomic E-state index is 0.00277. The first kappa shape index (κ1) is 24.9. The van der Waals surface area contributed by atoms with Gasteiger partial charge >= 0.3 is 0 Å². The molecule has 6 rings (SSSR count). The number of likely N-dealkylation sites (tertiary alicyclic amines) is 1. The lowest BCUT2D eigenvalue weighted by Crippen LogP contribution is -2.37. The molecule has 2 aromatic heterocycles. The Morgan fingerprint density at radius 2 is 1.92 bits per heavy atom. The molecule has 1 amide bonds. The monoisotopic (exact) mass is 528 g/mol. The van der Waals surface area contributed by atoms with E-state index >= 15 is 0 Å². The zero-order chi connectivity index (χ0) is 26.1. The Bertz CT molecular complexity index is 1290. The number of carbonyl (C=O) groups excluding carboxylic acids is 1. The fraction of sp³-hybridized carbons (Fsp3) is 0.538. The minimum atomic E-state index is -2.80. The second-order valence-electron chi connectivity index (χ2n) is 9.77. The van der Waals surface area contributed by atoms with E-state index in [1.165, 1.54) is 4.57 Å². The Labute approximate surface area is 218 Å². The third-order valence-electron chi connectivity index (χ3n) is 7.19. The van der Waals surface area contributed by atoms with Crippen LogP contribution in [0.1, 0.15) is 37.9 Å². The predicted octanol–water partition coefficient (Wildman–Crippen LogP) is 3.14. The summed E-state index contributed by atoms with van der Waals surface area (Å²) in [6.07, 6.45) is -0.126. The number of benzene rings is 1. The number of ether oxygens (including phenoxy) is 3. The standard InChI is InChI=1S/C26H30F2N6O4/c27-24(28)25-29-19-5-1-2-6-20(19)34(25)21-15-22(31-26(30-21)32-9-12-36-13-10-32)38-18-7-8-33(16-18)23(35)14-17-4-3-11-37-17/h1-2,5-6,15,17-18,24H,3-4,7-14,16H2/t17?,18-/m0/s1. The lowest BCUT2D eigenvalue weighted by atomic mass is 10.1. The summed E-state index contributed by atoms with van der Waals surface area (Å²) in [6, 6.07) is 8.53. The SMILES string of the molecule is O=C(CC1CCCO1)N1CC[C@H](Oc2cc(-n3c(C(F)F)nc4ccccc43)nc(N3CCOCC3)n2)C1. The van der Waals surface area contributed by atoms with Crippen molar-refractivity contribution in [1.82, 2.24) is 24.4 Å². The number of carbonyl (C=O) groups is 1. The highest BCUT2D eigenvalue weighted by Gasteiger charge is 2.31. The van der Waals surface area contributed by atoms with Crippen LogP contribution in [0.25, 0.3) is 16.9 Å². The third-order valence-corrected chi connectivity index (χ3v) is 7.19. The van der Waals surface area contributed by atoms with Crippen molar-refractivity contribution in [2.24, 2.45) is 0 Å². The topological polar surface area (TPSA) is 94.8 Å². The normalized spacial score (nSPS) is 22.1. The molecule has 3 fully saturated rings. The number of rotatable bonds is 7. The van der Waals surface area contributed by atoms with Crippen LogP contribution >= 0.6 is 0 Å². The summed E-state index contributed by atoms with van der Waals surface area (Å²) in [7, 11) is 0. The van der Waals surface area contributed by atoms with Crippen LogP contribution in [0.15, 0.2) is 30.3 Å². The van der Waals surface area contributed by atoms with E-state index in [1.54, 1.807) is 35.2 Å². The van der Waals surface area contributed by atoms with Gasteiger partial charge in [-0.2, -0.15) is 9.97 Å². The van der Waals surface area contributed by atoms with Gasteiger partial charge in [-0.25, -0.2) is 13.8 Å². The lowest BCUT2D eigenvalue weighted by Gasteiger charge is -2.27. The maximum absolute atomic E-state index is 14.1. The number of para-hydroxylation sites is 2. The van der Waals surface area contributed by atoms with Crippen molar-refractivity contribution >= 4 is 22.9 Å². The van der Waals surface area contributed by atoms with E-state index < -0.39 is 12.2 Å². The van der Waals surface area contributed by atoms with Crippen molar-refractivity contribution in [2.45, 2.75) is 44.3 Å². The van der Waals surface area contributed by atoms with E-state index in [9.17, 15) is 13.6 Å². The van der Waals surface area contributed by atoms with E-state index in [0.717, 1.165) is 12.8 Å². The highest BCUT2D eigenvalue weighted by atomic mass is 19.3. The average molecular weight is 529 g/mol. The average Bonchev–Trinajstić information content (AvgIpc) is 3.69. The number of nitrogens with zero attached hydrogens (tertiary/aromatic N) is 6. The van der Waals surface area contributed by atoms with Gasteiger partial charge in [-0.3, -0.25) is 9.36 Å². The molecule has 1 unspecified atom stereocenters. The number of morpholine rings is 1. The van der Waals surface area contributed by atoms with Crippen molar-refractivity contribution in [1.29, 1.82) is 0 Å². The molecular formula is C26H30F2N6O4. The molecule has 3 aliphatic heterocycles. The summed E-state index contributed by atoms with van der Waals surface area (Å²) < 4.78 is 46.8. The number of hydrogen-bond acceptors (Lipinski definition) is 8. The number of hydrogen-bond donors (Lipinski definition) is 0. The van der Waals surface area contributed by atoms with Gasteiger partial charge in [0.25, 0.3) is 6.43 Å². The van der Waals surface area contributed by atoms with Crippen LogP contribution in [0.4, 0.5) is 14.7 Å². The summed E-state index contributed by atoms with van der Waals surface area (Å²) in [4.78, 5) is 30.0. The number of halogens is 2. The van der Waals surface area contributed by atoms with Crippen LogP contribution in [0, 0.1) is 0 Å². The maximum Gasteiger partial charge on any atom is 0.296 e. The van der Waals surface area contributed by atoms with Crippen LogP contribution in [0.5, 0.6) is 5.88 Å². The van der Waals surface area contributed by atoms with Crippen LogP contribution in [0.3, 0.4) is 0 Å². The van der Waals surface area contributed by atoms with Gasteiger partial charge in [-0.05, 0) is 25.0 Å². The Balaban J connectivity index is 1.29. The molecule has 10 nitrogen and oxygen atoms in total. The molecule has 0 bridgehead atoms. The molecule has 0 spiro atoms. The molecule has 3 saturated heterocycles. The third kappa shape index (κ3) is 5.14. The number of fused-ring (bicyclic) bond motifs is 1. The van der Waals surface area contributed by atoms with E-state index in [-0.39, 0.29) is 29.8 Å². The zero-order valence-corrected chi connectivity index (χ0v) is 21.0. The van der Waals surface area contributed by atoms with E-state index in [4.69, 9.17) is 14.2 Å². The highest BCUT2D eigenvalue weighted by molar-refractivity contribution is 5.78. The van der Waals surface area contributed by atoms with Gasteiger partial charge in [0.05, 0.1) is 43.3 Å². The van der Waals surface area contributed by atoms with Gasteiger partial charge in [-0.15, -0.1) is 0 Å². The molecule has 12 heteroatoms.